The second-order valence-corrected chi connectivity index (χ2v) is 6.70. The predicted molar refractivity (Wildman–Crippen MR) is 117 cm³/mol. The van der Waals surface area contributed by atoms with Crippen LogP contribution >= 0.6 is 0 Å². The largest absolute Gasteiger partial charge is 0.329 e. The topological polar surface area (TPSA) is 70.6 Å². The molecule has 0 spiro atoms. The average molecular weight is 381 g/mol. The van der Waals surface area contributed by atoms with Crippen molar-refractivity contribution in [2.24, 2.45) is 5.10 Å². The van der Waals surface area contributed by atoms with Crippen molar-refractivity contribution in [1.82, 2.24) is 5.43 Å². The molecule has 0 aromatic heterocycles. The van der Waals surface area contributed by atoms with Gasteiger partial charge in [0.1, 0.15) is 0 Å². The molecule has 5 heteroatoms. The van der Waals surface area contributed by atoms with Gasteiger partial charge in [0.05, 0.1) is 6.21 Å². The second kappa shape index (κ2) is 7.94. The highest BCUT2D eigenvalue weighted by Gasteiger charge is 2.14. The lowest BCUT2D eigenvalue weighted by Crippen LogP contribution is -2.32. The average Bonchev–Trinajstić information content (AvgIpc) is 2.74. The molecule has 142 valence electrons. The molecule has 4 aromatic rings. The summed E-state index contributed by atoms with van der Waals surface area (Å²) in [6, 6.07) is 25.4. The summed E-state index contributed by atoms with van der Waals surface area (Å²) in [7, 11) is 0. The van der Waals surface area contributed by atoms with E-state index in [1.807, 2.05) is 67.6 Å². The first-order valence-electron chi connectivity index (χ1n) is 9.24. The van der Waals surface area contributed by atoms with Crippen LogP contribution in [0, 0.1) is 6.92 Å². The lowest BCUT2D eigenvalue weighted by Gasteiger charge is -2.08. The Balaban J connectivity index is 1.57. The molecule has 0 unspecified atom stereocenters. The molecular formula is C24H19N3O2. The molecule has 0 aliphatic carbocycles. The van der Waals surface area contributed by atoms with Gasteiger partial charge in [-0.05, 0) is 46.2 Å². The third-order valence-electron chi connectivity index (χ3n) is 4.77. The molecule has 0 saturated carbocycles. The monoisotopic (exact) mass is 381 g/mol. The standard InChI is InChI=1S/C24H19N3O2/c1-16-8-2-7-13-22(16)26-23(28)24(29)27-25-15-21-19-11-5-3-9-17(19)14-18-10-4-6-12-20(18)21/h2-15H,1H3,(H,26,28)(H,27,29). The Labute approximate surface area is 168 Å². The zero-order chi connectivity index (χ0) is 20.2. The number of nitrogens with zero attached hydrogens (tertiary/aromatic N) is 1. The highest BCUT2D eigenvalue weighted by atomic mass is 16.2. The van der Waals surface area contributed by atoms with Gasteiger partial charge < -0.3 is 5.32 Å². The minimum Gasteiger partial charge on any atom is -0.317 e. The Hall–Kier alpha value is -3.99. The van der Waals surface area contributed by atoms with E-state index in [2.05, 4.69) is 21.9 Å². The molecule has 0 fully saturated rings. The van der Waals surface area contributed by atoms with E-state index in [1.165, 1.54) is 0 Å². The Bertz CT molecular complexity index is 1210. The summed E-state index contributed by atoms with van der Waals surface area (Å²) in [6.07, 6.45) is 1.59. The third kappa shape index (κ3) is 3.84. The van der Waals surface area contributed by atoms with Gasteiger partial charge in [0.2, 0.25) is 0 Å². The molecule has 0 radical (unpaired) electrons. The van der Waals surface area contributed by atoms with Crippen LogP contribution in [0.1, 0.15) is 11.1 Å². The number of benzene rings is 4. The summed E-state index contributed by atoms with van der Waals surface area (Å²) < 4.78 is 0. The van der Waals surface area contributed by atoms with Crippen molar-refractivity contribution in [2.45, 2.75) is 6.92 Å². The number of hydrazone groups is 1. The Kier molecular flexibility index (Phi) is 5.03. The number of anilines is 1. The number of hydrogen-bond donors (Lipinski definition) is 2. The molecule has 0 heterocycles. The first-order chi connectivity index (χ1) is 14.1. The van der Waals surface area contributed by atoms with Crippen LogP contribution in [0.15, 0.2) is 84.0 Å². The van der Waals surface area contributed by atoms with Gasteiger partial charge >= 0.3 is 11.8 Å². The number of hydrogen-bond acceptors (Lipinski definition) is 3. The van der Waals surface area contributed by atoms with Gasteiger partial charge in [-0.3, -0.25) is 9.59 Å². The molecule has 0 atom stereocenters. The molecule has 4 aromatic carbocycles. The van der Waals surface area contributed by atoms with E-state index in [1.54, 1.807) is 18.3 Å². The van der Waals surface area contributed by atoms with Crippen molar-refractivity contribution in [3.05, 3.63) is 90.0 Å². The lowest BCUT2D eigenvalue weighted by atomic mass is 9.97. The summed E-state index contributed by atoms with van der Waals surface area (Å²) in [4.78, 5) is 24.3. The van der Waals surface area contributed by atoms with Crippen LogP contribution in [0.25, 0.3) is 21.5 Å². The number of carbonyl (C=O) groups excluding carboxylic acids is 2. The third-order valence-corrected chi connectivity index (χ3v) is 4.77. The fraction of sp³-hybridized carbons (Fsp3) is 0.0417. The molecule has 4 rings (SSSR count). The Morgan fingerprint density at radius 2 is 1.38 bits per heavy atom. The molecule has 2 N–H and O–H groups in total. The van der Waals surface area contributed by atoms with Crippen LogP contribution < -0.4 is 10.7 Å². The van der Waals surface area contributed by atoms with E-state index in [0.29, 0.717) is 5.69 Å². The van der Waals surface area contributed by atoms with Gasteiger partial charge in [-0.1, -0.05) is 66.7 Å². The molecule has 2 amide bonds. The lowest BCUT2D eigenvalue weighted by molar-refractivity contribution is -0.136. The maximum Gasteiger partial charge on any atom is 0.329 e. The van der Waals surface area contributed by atoms with Gasteiger partial charge in [0, 0.05) is 11.3 Å². The fourth-order valence-corrected chi connectivity index (χ4v) is 3.29. The fourth-order valence-electron chi connectivity index (χ4n) is 3.29. The predicted octanol–water partition coefficient (Wildman–Crippen LogP) is 4.39. The van der Waals surface area contributed by atoms with Crippen molar-refractivity contribution in [2.75, 3.05) is 5.32 Å². The van der Waals surface area contributed by atoms with Crippen LogP contribution in [0.4, 0.5) is 5.69 Å². The SMILES string of the molecule is Cc1ccccc1NC(=O)C(=O)NN=Cc1c2ccccc2cc2ccccc12. The smallest absolute Gasteiger partial charge is 0.317 e. The molecule has 5 nitrogen and oxygen atoms in total. The Morgan fingerprint density at radius 1 is 0.793 bits per heavy atom. The van der Waals surface area contributed by atoms with Crippen LogP contribution in [-0.2, 0) is 9.59 Å². The van der Waals surface area contributed by atoms with Crippen molar-refractivity contribution in [1.29, 1.82) is 0 Å². The second-order valence-electron chi connectivity index (χ2n) is 6.70. The van der Waals surface area contributed by atoms with E-state index in [4.69, 9.17) is 0 Å². The molecular weight excluding hydrogens is 362 g/mol. The summed E-state index contributed by atoms with van der Waals surface area (Å²) in [5.41, 5.74) is 4.67. The zero-order valence-corrected chi connectivity index (χ0v) is 15.8. The minimum atomic E-state index is -0.825. The van der Waals surface area contributed by atoms with Gasteiger partial charge in [-0.15, -0.1) is 0 Å². The maximum absolute atomic E-state index is 12.1. The van der Waals surface area contributed by atoms with E-state index >= 15 is 0 Å². The number of carbonyl (C=O) groups is 2. The highest BCUT2D eigenvalue weighted by molar-refractivity contribution is 6.39. The summed E-state index contributed by atoms with van der Waals surface area (Å²) in [5, 5.41) is 10.8. The summed E-state index contributed by atoms with van der Waals surface area (Å²) >= 11 is 0. The number of nitrogens with one attached hydrogen (secondary N) is 2. The summed E-state index contributed by atoms with van der Waals surface area (Å²) in [5.74, 6) is -1.59. The van der Waals surface area contributed by atoms with Crippen LogP contribution in [0.3, 0.4) is 0 Å². The molecule has 0 bridgehead atoms. The van der Waals surface area contributed by atoms with E-state index in [0.717, 1.165) is 32.7 Å². The number of rotatable bonds is 3. The molecule has 0 saturated heterocycles. The minimum absolute atomic E-state index is 0.594. The number of fused-ring (bicyclic) bond motifs is 2. The molecule has 0 aliphatic rings. The quantitative estimate of drug-likeness (QED) is 0.239. The highest BCUT2D eigenvalue weighted by Crippen LogP contribution is 2.27. The zero-order valence-electron chi connectivity index (χ0n) is 15.8. The normalized spacial score (nSPS) is 11.1. The first kappa shape index (κ1) is 18.4. The van der Waals surface area contributed by atoms with Gasteiger partial charge in [-0.2, -0.15) is 5.10 Å². The number of aryl methyl sites for hydroxylation is 1. The van der Waals surface area contributed by atoms with Gasteiger partial charge in [-0.25, -0.2) is 5.43 Å². The molecule has 0 aliphatic heterocycles. The van der Waals surface area contributed by atoms with E-state index in [-0.39, 0.29) is 0 Å². The van der Waals surface area contributed by atoms with Gasteiger partial charge in [0.25, 0.3) is 0 Å². The Morgan fingerprint density at radius 3 is 2.03 bits per heavy atom. The van der Waals surface area contributed by atoms with E-state index in [9.17, 15) is 9.59 Å². The van der Waals surface area contributed by atoms with Crippen LogP contribution in [0.5, 0.6) is 0 Å². The van der Waals surface area contributed by atoms with Crippen molar-refractivity contribution >= 4 is 45.3 Å². The number of para-hydroxylation sites is 1. The first-order valence-corrected chi connectivity index (χ1v) is 9.24. The summed E-state index contributed by atoms with van der Waals surface area (Å²) in [6.45, 7) is 1.86. The van der Waals surface area contributed by atoms with Gasteiger partial charge in [0.15, 0.2) is 0 Å². The number of amides is 2. The molecule has 29 heavy (non-hydrogen) atoms. The van der Waals surface area contributed by atoms with Crippen LogP contribution in [-0.4, -0.2) is 18.0 Å². The van der Waals surface area contributed by atoms with Crippen molar-refractivity contribution < 1.29 is 9.59 Å². The maximum atomic E-state index is 12.1. The van der Waals surface area contributed by atoms with E-state index < -0.39 is 11.8 Å². The van der Waals surface area contributed by atoms with Crippen molar-refractivity contribution in [3.63, 3.8) is 0 Å². The van der Waals surface area contributed by atoms with Crippen molar-refractivity contribution in [3.8, 4) is 0 Å². The van der Waals surface area contributed by atoms with Crippen LogP contribution in [0.2, 0.25) is 0 Å².